The van der Waals surface area contributed by atoms with Crippen molar-refractivity contribution in [2.75, 3.05) is 6.54 Å². The average molecular weight is 276 g/mol. The van der Waals surface area contributed by atoms with Gasteiger partial charge < -0.3 is 14.6 Å². The van der Waals surface area contributed by atoms with E-state index in [-0.39, 0.29) is 0 Å². The second-order valence-corrected chi connectivity index (χ2v) is 5.76. The van der Waals surface area contributed by atoms with Crippen LogP contribution in [0.5, 0.6) is 5.75 Å². The van der Waals surface area contributed by atoms with E-state index in [0.29, 0.717) is 6.61 Å². The Labute approximate surface area is 123 Å². The van der Waals surface area contributed by atoms with Gasteiger partial charge in [-0.15, -0.1) is 0 Å². The van der Waals surface area contributed by atoms with E-state index in [1.165, 1.54) is 33.4 Å². The number of benzene rings is 2. The van der Waals surface area contributed by atoms with Crippen LogP contribution < -0.4 is 10.1 Å². The van der Waals surface area contributed by atoms with E-state index in [9.17, 15) is 0 Å². The maximum absolute atomic E-state index is 6.08. The van der Waals surface area contributed by atoms with Crippen LogP contribution in [0.4, 0.5) is 0 Å². The Hall–Kier alpha value is -2.26. The number of hydrogen-bond donors (Lipinski definition) is 1. The van der Waals surface area contributed by atoms with Crippen LogP contribution in [-0.2, 0) is 19.6 Å². The SMILES string of the molecule is c1ccc2c(c1)COc1cccc3c4c(n-2c13)CCNC4. The third-order valence-corrected chi connectivity index (χ3v) is 4.62. The van der Waals surface area contributed by atoms with Gasteiger partial charge in [-0.1, -0.05) is 30.3 Å². The topological polar surface area (TPSA) is 26.2 Å². The molecule has 5 rings (SSSR count). The number of nitrogens with one attached hydrogen (secondary N) is 1. The molecule has 0 bridgehead atoms. The molecule has 2 aromatic carbocycles. The van der Waals surface area contributed by atoms with Crippen molar-refractivity contribution in [2.45, 2.75) is 19.6 Å². The van der Waals surface area contributed by atoms with E-state index in [2.05, 4.69) is 52.3 Å². The molecule has 1 aromatic heterocycles. The van der Waals surface area contributed by atoms with Crippen molar-refractivity contribution in [1.29, 1.82) is 0 Å². The molecule has 0 unspecified atom stereocenters. The molecule has 0 amide bonds. The summed E-state index contributed by atoms with van der Waals surface area (Å²) in [6.07, 6.45) is 1.07. The first-order valence-electron chi connectivity index (χ1n) is 7.50. The minimum Gasteiger partial charge on any atom is -0.487 e. The normalized spacial score (nSPS) is 16.0. The highest BCUT2D eigenvalue weighted by Crippen LogP contribution is 2.39. The maximum Gasteiger partial charge on any atom is 0.144 e. The molecule has 0 aliphatic carbocycles. The van der Waals surface area contributed by atoms with Crippen LogP contribution in [-0.4, -0.2) is 11.1 Å². The number of para-hydroxylation sites is 2. The monoisotopic (exact) mass is 276 g/mol. The van der Waals surface area contributed by atoms with Crippen LogP contribution >= 0.6 is 0 Å². The Morgan fingerprint density at radius 1 is 1.05 bits per heavy atom. The van der Waals surface area contributed by atoms with Crippen molar-refractivity contribution < 1.29 is 4.74 Å². The summed E-state index contributed by atoms with van der Waals surface area (Å²) in [4.78, 5) is 0. The summed E-state index contributed by atoms with van der Waals surface area (Å²) in [6, 6.07) is 15.0. The molecule has 2 aliphatic heterocycles. The third-order valence-electron chi connectivity index (χ3n) is 4.62. The zero-order valence-electron chi connectivity index (χ0n) is 11.7. The van der Waals surface area contributed by atoms with E-state index < -0.39 is 0 Å². The lowest BCUT2D eigenvalue weighted by Gasteiger charge is -2.18. The van der Waals surface area contributed by atoms with Crippen LogP contribution in [0.3, 0.4) is 0 Å². The maximum atomic E-state index is 6.08. The van der Waals surface area contributed by atoms with Crippen LogP contribution in [0.25, 0.3) is 16.6 Å². The number of fused-ring (bicyclic) bond motifs is 5. The first kappa shape index (κ1) is 11.4. The molecule has 3 nitrogen and oxygen atoms in total. The number of ether oxygens (including phenoxy) is 1. The van der Waals surface area contributed by atoms with Crippen molar-refractivity contribution in [3.05, 3.63) is 59.3 Å². The lowest BCUT2D eigenvalue weighted by atomic mass is 10.1. The van der Waals surface area contributed by atoms with Gasteiger partial charge >= 0.3 is 0 Å². The van der Waals surface area contributed by atoms with Gasteiger partial charge in [0.25, 0.3) is 0 Å². The first-order chi connectivity index (χ1) is 10.4. The van der Waals surface area contributed by atoms with Gasteiger partial charge in [0.1, 0.15) is 12.4 Å². The molecule has 21 heavy (non-hydrogen) atoms. The fraction of sp³-hybridized carbons (Fsp3) is 0.222. The largest absolute Gasteiger partial charge is 0.487 e. The summed E-state index contributed by atoms with van der Waals surface area (Å²) in [5.74, 6) is 0.998. The Bertz CT molecular complexity index is 863. The first-order valence-corrected chi connectivity index (χ1v) is 7.50. The quantitative estimate of drug-likeness (QED) is 0.682. The van der Waals surface area contributed by atoms with Crippen LogP contribution in [0.2, 0.25) is 0 Å². The van der Waals surface area contributed by atoms with Crippen molar-refractivity contribution in [1.82, 2.24) is 9.88 Å². The number of rotatable bonds is 0. The van der Waals surface area contributed by atoms with Crippen LogP contribution in [0.15, 0.2) is 42.5 Å². The minimum atomic E-state index is 0.643. The van der Waals surface area contributed by atoms with E-state index >= 15 is 0 Å². The summed E-state index contributed by atoms with van der Waals surface area (Å²) in [6.45, 7) is 2.64. The van der Waals surface area contributed by atoms with Gasteiger partial charge in [-0.2, -0.15) is 0 Å². The Morgan fingerprint density at radius 2 is 2.00 bits per heavy atom. The fourth-order valence-electron chi connectivity index (χ4n) is 3.69. The molecular formula is C18H16N2O. The fourth-order valence-corrected chi connectivity index (χ4v) is 3.69. The Morgan fingerprint density at radius 3 is 3.00 bits per heavy atom. The van der Waals surface area contributed by atoms with E-state index in [4.69, 9.17) is 4.74 Å². The summed E-state index contributed by atoms with van der Waals surface area (Å²) >= 11 is 0. The molecule has 3 heteroatoms. The van der Waals surface area contributed by atoms with Gasteiger partial charge in [0.05, 0.1) is 11.2 Å². The lowest BCUT2D eigenvalue weighted by Crippen LogP contribution is -2.24. The van der Waals surface area contributed by atoms with Crippen molar-refractivity contribution in [3.63, 3.8) is 0 Å². The predicted molar refractivity (Wildman–Crippen MR) is 83.0 cm³/mol. The highest BCUT2D eigenvalue weighted by molar-refractivity contribution is 5.92. The standard InChI is InChI=1S/C18H16N2O/c1-2-6-15-12(4-1)11-21-17-7-3-5-13-14-10-19-9-8-16(14)20(15)18(13)17/h1-7,19H,8-11H2. The van der Waals surface area contributed by atoms with Crippen molar-refractivity contribution in [3.8, 4) is 11.4 Å². The molecule has 0 radical (unpaired) electrons. The second kappa shape index (κ2) is 4.12. The van der Waals surface area contributed by atoms with Gasteiger partial charge in [-0.05, 0) is 17.7 Å². The zero-order valence-corrected chi connectivity index (χ0v) is 11.7. The predicted octanol–water partition coefficient (Wildman–Crippen LogP) is 3.17. The highest BCUT2D eigenvalue weighted by Gasteiger charge is 2.25. The highest BCUT2D eigenvalue weighted by atomic mass is 16.5. The molecule has 1 N–H and O–H groups in total. The van der Waals surface area contributed by atoms with Gasteiger partial charge in [-0.25, -0.2) is 0 Å². The average Bonchev–Trinajstić information content (AvgIpc) is 2.78. The van der Waals surface area contributed by atoms with Crippen molar-refractivity contribution >= 4 is 10.9 Å². The van der Waals surface area contributed by atoms with Gasteiger partial charge in [0.2, 0.25) is 0 Å². The van der Waals surface area contributed by atoms with E-state index in [1.807, 2.05) is 0 Å². The van der Waals surface area contributed by atoms with Gasteiger partial charge in [0, 0.05) is 36.2 Å². The van der Waals surface area contributed by atoms with E-state index in [0.717, 1.165) is 25.3 Å². The molecule has 0 fully saturated rings. The summed E-state index contributed by atoms with van der Waals surface area (Å²) in [5, 5.41) is 4.82. The van der Waals surface area contributed by atoms with Gasteiger partial charge in [-0.3, -0.25) is 0 Å². The van der Waals surface area contributed by atoms with Gasteiger partial charge in [0.15, 0.2) is 0 Å². The second-order valence-electron chi connectivity index (χ2n) is 5.76. The van der Waals surface area contributed by atoms with Crippen LogP contribution in [0.1, 0.15) is 16.8 Å². The zero-order chi connectivity index (χ0) is 13.8. The molecule has 3 heterocycles. The number of aromatic nitrogens is 1. The molecule has 3 aromatic rings. The summed E-state index contributed by atoms with van der Waals surface area (Å²) in [5.41, 5.74) is 6.63. The van der Waals surface area contributed by atoms with E-state index in [1.54, 1.807) is 0 Å². The Kier molecular flexibility index (Phi) is 2.24. The molecule has 2 aliphatic rings. The third kappa shape index (κ3) is 1.47. The summed E-state index contributed by atoms with van der Waals surface area (Å²) < 4.78 is 8.52. The molecule has 104 valence electrons. The van der Waals surface area contributed by atoms with Crippen LogP contribution in [0, 0.1) is 0 Å². The Balaban J connectivity index is 1.98. The smallest absolute Gasteiger partial charge is 0.144 e. The number of nitrogens with zero attached hydrogens (tertiary/aromatic N) is 1. The molecule has 0 atom stereocenters. The number of hydrogen-bond acceptors (Lipinski definition) is 2. The lowest BCUT2D eigenvalue weighted by molar-refractivity contribution is 0.312. The minimum absolute atomic E-state index is 0.643. The summed E-state index contributed by atoms with van der Waals surface area (Å²) in [7, 11) is 0. The molecule has 0 spiro atoms. The van der Waals surface area contributed by atoms with Crippen molar-refractivity contribution in [2.24, 2.45) is 0 Å². The molecule has 0 saturated heterocycles. The molecular weight excluding hydrogens is 260 g/mol. The molecule has 0 saturated carbocycles.